The number of benzene rings is 2. The molecule has 0 atom stereocenters. The van der Waals surface area contributed by atoms with Crippen molar-refractivity contribution in [2.24, 2.45) is 0 Å². The number of methoxy groups -OCH3 is 1. The lowest BCUT2D eigenvalue weighted by Gasteiger charge is -2.27. The van der Waals surface area contributed by atoms with Crippen molar-refractivity contribution in [3.63, 3.8) is 0 Å². The maximum absolute atomic E-state index is 12.7. The van der Waals surface area contributed by atoms with E-state index in [-0.39, 0.29) is 17.2 Å². The first kappa shape index (κ1) is 23.0. The second-order valence-electron chi connectivity index (χ2n) is 6.47. The number of amides is 2. The van der Waals surface area contributed by atoms with Crippen LogP contribution < -0.4 is 14.8 Å². The van der Waals surface area contributed by atoms with Crippen LogP contribution >= 0.6 is 39.7 Å². The standard InChI is InChI=1S/C22H18BrClN2O4S/c1-3-8-26-21(28)16(20(27)25-22(26)31)9-14-10-17(23)19(18(11-14)29-2)30-12-13-4-6-15(24)7-5-13/h3-7,9-11H,1,8,12H2,2H3,(H,25,27,31)/b16-9+. The van der Waals surface area contributed by atoms with Crippen LogP contribution in [0.1, 0.15) is 11.1 Å². The van der Waals surface area contributed by atoms with Gasteiger partial charge in [0, 0.05) is 11.6 Å². The van der Waals surface area contributed by atoms with Crippen molar-refractivity contribution < 1.29 is 19.1 Å². The summed E-state index contributed by atoms with van der Waals surface area (Å²) in [6, 6.07) is 10.7. The van der Waals surface area contributed by atoms with Gasteiger partial charge in [-0.05, 0) is 69.6 Å². The third-order valence-electron chi connectivity index (χ3n) is 4.36. The lowest BCUT2D eigenvalue weighted by Crippen LogP contribution is -2.53. The number of carbonyl (C=O) groups is 2. The fraction of sp³-hybridized carbons (Fsp3) is 0.136. The minimum Gasteiger partial charge on any atom is -0.493 e. The molecule has 0 radical (unpaired) electrons. The highest BCUT2D eigenvalue weighted by molar-refractivity contribution is 9.10. The Morgan fingerprint density at radius 3 is 2.61 bits per heavy atom. The van der Waals surface area contributed by atoms with Crippen molar-refractivity contribution in [3.05, 3.63) is 75.2 Å². The van der Waals surface area contributed by atoms with Gasteiger partial charge in [-0.1, -0.05) is 29.8 Å². The van der Waals surface area contributed by atoms with Crippen LogP contribution in [0.15, 0.2) is 59.1 Å². The van der Waals surface area contributed by atoms with E-state index in [1.165, 1.54) is 24.2 Å². The third-order valence-corrected chi connectivity index (χ3v) is 5.52. The van der Waals surface area contributed by atoms with Crippen LogP contribution in [0.5, 0.6) is 11.5 Å². The number of ether oxygens (including phenoxy) is 2. The Balaban J connectivity index is 1.88. The average molecular weight is 522 g/mol. The van der Waals surface area contributed by atoms with Crippen molar-refractivity contribution in [1.29, 1.82) is 0 Å². The van der Waals surface area contributed by atoms with E-state index in [0.29, 0.717) is 33.2 Å². The van der Waals surface area contributed by atoms with Gasteiger partial charge in [0.05, 0.1) is 11.6 Å². The molecule has 1 N–H and O–H groups in total. The summed E-state index contributed by atoms with van der Waals surface area (Å²) in [4.78, 5) is 26.3. The number of halogens is 2. The Hall–Kier alpha value is -2.68. The van der Waals surface area contributed by atoms with Crippen LogP contribution in [-0.4, -0.2) is 35.5 Å². The lowest BCUT2D eigenvalue weighted by atomic mass is 10.1. The fourth-order valence-electron chi connectivity index (χ4n) is 2.85. The van der Waals surface area contributed by atoms with Crippen molar-refractivity contribution >= 4 is 62.8 Å². The first-order chi connectivity index (χ1) is 14.8. The van der Waals surface area contributed by atoms with Crippen LogP contribution in [0, 0.1) is 0 Å². The van der Waals surface area contributed by atoms with Gasteiger partial charge in [0.25, 0.3) is 11.8 Å². The van der Waals surface area contributed by atoms with Crippen molar-refractivity contribution in [2.45, 2.75) is 6.61 Å². The van der Waals surface area contributed by atoms with Gasteiger partial charge >= 0.3 is 0 Å². The number of nitrogens with one attached hydrogen (secondary N) is 1. The summed E-state index contributed by atoms with van der Waals surface area (Å²) in [6.45, 7) is 4.11. The van der Waals surface area contributed by atoms with Gasteiger partial charge in [0.2, 0.25) is 0 Å². The minimum atomic E-state index is -0.562. The maximum atomic E-state index is 12.7. The smallest absolute Gasteiger partial charge is 0.265 e. The summed E-state index contributed by atoms with van der Waals surface area (Å²) in [5.74, 6) is -0.119. The summed E-state index contributed by atoms with van der Waals surface area (Å²) in [5, 5.41) is 3.22. The Bertz CT molecular complexity index is 1090. The van der Waals surface area contributed by atoms with Gasteiger partial charge in [0.1, 0.15) is 12.2 Å². The first-order valence-corrected chi connectivity index (χ1v) is 10.7. The van der Waals surface area contributed by atoms with E-state index in [1.54, 1.807) is 24.3 Å². The molecular formula is C22H18BrClN2O4S. The number of rotatable bonds is 7. The molecule has 1 aliphatic rings. The molecule has 1 heterocycles. The molecule has 1 saturated heterocycles. The molecule has 2 aromatic carbocycles. The molecule has 6 nitrogen and oxygen atoms in total. The fourth-order valence-corrected chi connectivity index (χ4v) is 3.81. The molecule has 1 fully saturated rings. The largest absolute Gasteiger partial charge is 0.493 e. The van der Waals surface area contributed by atoms with Gasteiger partial charge in [-0.15, -0.1) is 6.58 Å². The van der Waals surface area contributed by atoms with E-state index in [2.05, 4.69) is 27.8 Å². The SMILES string of the molecule is C=CCN1C(=O)/C(=C/c2cc(Br)c(OCc3ccc(Cl)cc3)c(OC)c2)C(=O)NC1=S. The molecule has 0 saturated carbocycles. The van der Waals surface area contributed by atoms with E-state index < -0.39 is 11.8 Å². The molecule has 0 spiro atoms. The van der Waals surface area contributed by atoms with E-state index in [1.807, 2.05) is 12.1 Å². The monoisotopic (exact) mass is 520 g/mol. The van der Waals surface area contributed by atoms with E-state index >= 15 is 0 Å². The normalized spacial score (nSPS) is 15.1. The third kappa shape index (κ3) is 5.33. The molecule has 160 valence electrons. The predicted octanol–water partition coefficient (Wildman–Crippen LogP) is 4.50. The molecule has 2 amide bonds. The number of hydrogen-bond donors (Lipinski definition) is 1. The summed E-state index contributed by atoms with van der Waals surface area (Å²) < 4.78 is 12.0. The van der Waals surface area contributed by atoms with Crippen LogP contribution in [0.25, 0.3) is 6.08 Å². The molecule has 2 aromatic rings. The molecule has 9 heteroatoms. The van der Waals surface area contributed by atoms with Crippen LogP contribution in [0.2, 0.25) is 5.02 Å². The average Bonchev–Trinajstić information content (AvgIpc) is 2.74. The molecule has 0 aromatic heterocycles. The van der Waals surface area contributed by atoms with Gasteiger partial charge in [-0.3, -0.25) is 19.8 Å². The maximum Gasteiger partial charge on any atom is 0.265 e. The van der Waals surface area contributed by atoms with E-state index in [4.69, 9.17) is 33.3 Å². The molecule has 0 unspecified atom stereocenters. The first-order valence-electron chi connectivity index (χ1n) is 9.08. The molecule has 0 aliphatic carbocycles. The van der Waals surface area contributed by atoms with Gasteiger partial charge in [0.15, 0.2) is 16.6 Å². The molecular weight excluding hydrogens is 504 g/mol. The summed E-state index contributed by atoms with van der Waals surface area (Å²) in [5.41, 5.74) is 1.47. The number of carbonyl (C=O) groups excluding carboxylic acids is 2. The number of hydrogen-bond acceptors (Lipinski definition) is 5. The quantitative estimate of drug-likeness (QED) is 0.251. The molecule has 1 aliphatic heterocycles. The van der Waals surface area contributed by atoms with Crippen molar-refractivity contribution in [2.75, 3.05) is 13.7 Å². The van der Waals surface area contributed by atoms with Crippen molar-refractivity contribution in [1.82, 2.24) is 10.2 Å². The Morgan fingerprint density at radius 1 is 1.26 bits per heavy atom. The van der Waals surface area contributed by atoms with Crippen molar-refractivity contribution in [3.8, 4) is 11.5 Å². The summed E-state index contributed by atoms with van der Waals surface area (Å²) in [6.07, 6.45) is 3.01. The summed E-state index contributed by atoms with van der Waals surface area (Å²) in [7, 11) is 1.51. The Kier molecular flexibility index (Phi) is 7.48. The highest BCUT2D eigenvalue weighted by Crippen LogP contribution is 2.38. The highest BCUT2D eigenvalue weighted by atomic mass is 79.9. The zero-order valence-electron chi connectivity index (χ0n) is 16.5. The number of thiocarbonyl (C=S) groups is 1. The van der Waals surface area contributed by atoms with Crippen LogP contribution in [0.3, 0.4) is 0 Å². The lowest BCUT2D eigenvalue weighted by molar-refractivity contribution is -0.128. The Labute approximate surface area is 198 Å². The van der Waals surface area contributed by atoms with Gasteiger partial charge in [-0.25, -0.2) is 0 Å². The van der Waals surface area contributed by atoms with Crippen LogP contribution in [-0.2, 0) is 16.2 Å². The van der Waals surface area contributed by atoms with Gasteiger partial charge < -0.3 is 9.47 Å². The predicted molar refractivity (Wildman–Crippen MR) is 127 cm³/mol. The zero-order valence-corrected chi connectivity index (χ0v) is 19.6. The molecule has 3 rings (SSSR count). The van der Waals surface area contributed by atoms with E-state index in [0.717, 1.165) is 5.56 Å². The topological polar surface area (TPSA) is 67.9 Å². The number of nitrogens with zero attached hydrogens (tertiary/aromatic N) is 1. The molecule has 31 heavy (non-hydrogen) atoms. The zero-order chi connectivity index (χ0) is 22.5. The summed E-state index contributed by atoms with van der Waals surface area (Å²) >= 11 is 14.5. The van der Waals surface area contributed by atoms with Crippen LogP contribution in [0.4, 0.5) is 0 Å². The minimum absolute atomic E-state index is 0.0424. The highest BCUT2D eigenvalue weighted by Gasteiger charge is 2.32. The van der Waals surface area contributed by atoms with Gasteiger partial charge in [-0.2, -0.15) is 0 Å². The van der Waals surface area contributed by atoms with E-state index in [9.17, 15) is 9.59 Å². The second kappa shape index (κ2) is 10.1. The Morgan fingerprint density at radius 2 is 1.97 bits per heavy atom. The molecule has 0 bridgehead atoms. The second-order valence-corrected chi connectivity index (χ2v) is 8.15.